The van der Waals surface area contributed by atoms with Gasteiger partial charge in [-0.15, -0.1) is 0 Å². The lowest BCUT2D eigenvalue weighted by Gasteiger charge is -2.14. The average Bonchev–Trinajstić information content (AvgIpc) is 2.77. The van der Waals surface area contributed by atoms with E-state index in [2.05, 4.69) is 22.1 Å². The van der Waals surface area contributed by atoms with E-state index in [-0.39, 0.29) is 5.75 Å². The van der Waals surface area contributed by atoms with Gasteiger partial charge in [0, 0.05) is 23.5 Å². The van der Waals surface area contributed by atoms with E-state index in [9.17, 15) is 5.26 Å². The number of pyridine rings is 2. The fraction of sp³-hybridized carbons (Fsp3) is 0.143. The van der Waals surface area contributed by atoms with Gasteiger partial charge in [-0.25, -0.2) is 4.98 Å². The lowest BCUT2D eigenvalue weighted by molar-refractivity contribution is 0.355. The quantitative estimate of drug-likeness (QED) is 0.581. The molecule has 0 spiro atoms. The molecule has 0 aliphatic rings. The van der Waals surface area contributed by atoms with Crippen molar-refractivity contribution in [3.8, 4) is 46.0 Å². The number of hydrogen-bond acceptors (Lipinski definition) is 7. The summed E-state index contributed by atoms with van der Waals surface area (Å²) in [5, 5.41) is 19.3. The molecule has 138 valence electrons. The summed E-state index contributed by atoms with van der Waals surface area (Å²) in [7, 11) is 3.14. The van der Waals surface area contributed by atoms with E-state index in [0.29, 0.717) is 33.3 Å². The highest BCUT2D eigenvalue weighted by molar-refractivity contribution is 7.99. The molecule has 0 N–H and O–H groups in total. The summed E-state index contributed by atoms with van der Waals surface area (Å²) in [6.07, 6.45) is 3.40. The largest absolute Gasteiger partial charge is 0.493 e. The standard InChI is InChI=1S/C21H16N4O2S/c1-26-19-6-5-14(10-20(19)27-2)16-11-18(15-4-3-8-24-13-15)25-21(17(16)12-23)28-9-7-22/h3-6,8,10-11,13H,9H2,1-2H3. The van der Waals surface area contributed by atoms with Gasteiger partial charge in [0.25, 0.3) is 0 Å². The normalized spacial score (nSPS) is 10.0. The Labute approximate surface area is 167 Å². The third kappa shape index (κ3) is 3.90. The molecule has 2 heterocycles. The number of nitriles is 2. The van der Waals surface area contributed by atoms with Gasteiger partial charge in [-0.1, -0.05) is 17.8 Å². The van der Waals surface area contributed by atoms with Crippen LogP contribution in [-0.2, 0) is 0 Å². The zero-order valence-corrected chi connectivity index (χ0v) is 16.2. The molecule has 0 saturated carbocycles. The molecule has 0 aliphatic carbocycles. The van der Waals surface area contributed by atoms with Crippen LogP contribution in [0.3, 0.4) is 0 Å². The van der Waals surface area contributed by atoms with Crippen LogP contribution in [0.5, 0.6) is 11.5 Å². The molecule has 0 unspecified atom stereocenters. The number of aromatic nitrogens is 2. The molecule has 7 heteroatoms. The molecule has 0 bridgehead atoms. The minimum atomic E-state index is 0.198. The highest BCUT2D eigenvalue weighted by Crippen LogP contribution is 2.37. The Bertz CT molecular complexity index is 1070. The summed E-state index contributed by atoms with van der Waals surface area (Å²) in [6.45, 7) is 0. The predicted molar refractivity (Wildman–Crippen MR) is 107 cm³/mol. The van der Waals surface area contributed by atoms with Crippen LogP contribution in [0.4, 0.5) is 0 Å². The van der Waals surface area contributed by atoms with Crippen molar-refractivity contribution in [1.29, 1.82) is 10.5 Å². The molecule has 2 aromatic heterocycles. The zero-order chi connectivity index (χ0) is 19.9. The van der Waals surface area contributed by atoms with Crippen molar-refractivity contribution in [2.24, 2.45) is 0 Å². The van der Waals surface area contributed by atoms with Gasteiger partial charge in [-0.3, -0.25) is 4.98 Å². The van der Waals surface area contributed by atoms with E-state index in [1.807, 2.05) is 30.3 Å². The Balaban J connectivity index is 2.24. The molecule has 0 aliphatic heterocycles. The Morgan fingerprint density at radius 3 is 2.50 bits per heavy atom. The topological polar surface area (TPSA) is 91.8 Å². The summed E-state index contributed by atoms with van der Waals surface area (Å²) >= 11 is 1.24. The van der Waals surface area contributed by atoms with Gasteiger partial charge in [-0.2, -0.15) is 10.5 Å². The number of nitrogens with zero attached hydrogens (tertiary/aromatic N) is 4. The van der Waals surface area contributed by atoms with Crippen LogP contribution >= 0.6 is 11.8 Å². The van der Waals surface area contributed by atoms with Gasteiger partial charge in [-0.05, 0) is 35.9 Å². The maximum atomic E-state index is 9.79. The smallest absolute Gasteiger partial charge is 0.161 e. The zero-order valence-electron chi connectivity index (χ0n) is 15.3. The van der Waals surface area contributed by atoms with Crippen LogP contribution in [-0.4, -0.2) is 29.9 Å². The number of ether oxygens (including phenoxy) is 2. The molecule has 0 amide bonds. The Hall–Kier alpha value is -3.55. The van der Waals surface area contributed by atoms with Crippen LogP contribution in [0.2, 0.25) is 0 Å². The first kappa shape index (κ1) is 19.2. The molecule has 0 saturated heterocycles. The second-order valence-corrected chi connectivity index (χ2v) is 6.57. The van der Waals surface area contributed by atoms with Crippen molar-refractivity contribution in [3.05, 3.63) is 54.4 Å². The maximum Gasteiger partial charge on any atom is 0.161 e. The summed E-state index contributed by atoms with van der Waals surface area (Å²) in [6, 6.07) is 15.4. The van der Waals surface area contributed by atoms with E-state index in [4.69, 9.17) is 14.7 Å². The monoisotopic (exact) mass is 388 g/mol. The fourth-order valence-electron chi connectivity index (χ4n) is 2.73. The highest BCUT2D eigenvalue weighted by Gasteiger charge is 2.17. The van der Waals surface area contributed by atoms with Gasteiger partial charge in [0.1, 0.15) is 11.1 Å². The van der Waals surface area contributed by atoms with E-state index in [1.165, 1.54) is 11.8 Å². The van der Waals surface area contributed by atoms with E-state index in [0.717, 1.165) is 11.1 Å². The first-order valence-corrected chi connectivity index (χ1v) is 9.28. The van der Waals surface area contributed by atoms with Gasteiger partial charge < -0.3 is 9.47 Å². The predicted octanol–water partition coefficient (Wildman–Crippen LogP) is 4.32. The van der Waals surface area contributed by atoms with E-state index >= 15 is 0 Å². The Morgan fingerprint density at radius 2 is 1.86 bits per heavy atom. The summed E-state index contributed by atoms with van der Waals surface area (Å²) < 4.78 is 10.7. The Morgan fingerprint density at radius 1 is 1.04 bits per heavy atom. The summed E-state index contributed by atoms with van der Waals surface area (Å²) in [5.74, 6) is 1.36. The van der Waals surface area contributed by atoms with Crippen molar-refractivity contribution in [2.75, 3.05) is 20.0 Å². The molecule has 0 radical (unpaired) electrons. The average molecular weight is 388 g/mol. The highest BCUT2D eigenvalue weighted by atomic mass is 32.2. The number of benzene rings is 1. The molecular weight excluding hydrogens is 372 g/mol. The number of thioether (sulfide) groups is 1. The van der Waals surface area contributed by atoms with Crippen LogP contribution in [0.15, 0.2) is 53.8 Å². The summed E-state index contributed by atoms with van der Waals surface area (Å²) in [4.78, 5) is 8.75. The van der Waals surface area contributed by atoms with Crippen molar-refractivity contribution in [2.45, 2.75) is 5.03 Å². The number of hydrogen-bond donors (Lipinski definition) is 0. The number of methoxy groups -OCH3 is 2. The van der Waals surface area contributed by atoms with Gasteiger partial charge in [0.15, 0.2) is 11.5 Å². The van der Waals surface area contributed by atoms with Gasteiger partial charge in [0.2, 0.25) is 0 Å². The third-order valence-corrected chi connectivity index (χ3v) is 4.87. The molecule has 0 fully saturated rings. The van der Waals surface area contributed by atoms with Crippen LogP contribution in [0.1, 0.15) is 5.56 Å². The molecule has 28 heavy (non-hydrogen) atoms. The van der Waals surface area contributed by atoms with E-state index < -0.39 is 0 Å². The minimum absolute atomic E-state index is 0.198. The fourth-order valence-corrected chi connectivity index (χ4v) is 3.39. The van der Waals surface area contributed by atoms with Crippen molar-refractivity contribution in [1.82, 2.24) is 9.97 Å². The first-order valence-electron chi connectivity index (χ1n) is 8.29. The summed E-state index contributed by atoms with van der Waals surface area (Å²) in [5.41, 5.74) is 3.42. The lowest BCUT2D eigenvalue weighted by atomic mass is 9.99. The van der Waals surface area contributed by atoms with Crippen LogP contribution < -0.4 is 9.47 Å². The Kier molecular flexibility index (Phi) is 6.11. The van der Waals surface area contributed by atoms with Crippen LogP contribution in [0, 0.1) is 22.7 Å². The molecule has 1 aromatic carbocycles. The van der Waals surface area contributed by atoms with Crippen molar-refractivity contribution < 1.29 is 9.47 Å². The maximum absolute atomic E-state index is 9.79. The third-order valence-electron chi connectivity index (χ3n) is 4.02. The molecule has 6 nitrogen and oxygen atoms in total. The van der Waals surface area contributed by atoms with Gasteiger partial charge in [0.05, 0.1) is 37.3 Å². The molecule has 0 atom stereocenters. The first-order chi connectivity index (χ1) is 13.7. The number of rotatable bonds is 6. The van der Waals surface area contributed by atoms with Crippen LogP contribution in [0.25, 0.3) is 22.4 Å². The van der Waals surface area contributed by atoms with Gasteiger partial charge >= 0.3 is 0 Å². The molecule has 3 aromatic rings. The molecule has 3 rings (SSSR count). The van der Waals surface area contributed by atoms with Crippen molar-refractivity contribution in [3.63, 3.8) is 0 Å². The van der Waals surface area contributed by atoms with Crippen molar-refractivity contribution >= 4 is 11.8 Å². The second-order valence-electron chi connectivity index (χ2n) is 5.61. The molecular formula is C21H16N4O2S. The second kappa shape index (κ2) is 8.90. The lowest BCUT2D eigenvalue weighted by Crippen LogP contribution is -1.97. The SMILES string of the molecule is COc1ccc(-c2cc(-c3cccnc3)nc(SCC#N)c2C#N)cc1OC. The minimum Gasteiger partial charge on any atom is -0.493 e. The van der Waals surface area contributed by atoms with E-state index in [1.54, 1.807) is 32.7 Å².